The van der Waals surface area contributed by atoms with Gasteiger partial charge in [-0.1, -0.05) is 109 Å². The molecule has 4 nitrogen and oxygen atoms in total. The molecule has 0 radical (unpaired) electrons. The van der Waals surface area contributed by atoms with Crippen molar-refractivity contribution < 1.29 is 8.83 Å². The standard InChI is InChI=1S/C40H22N2O2/c1-3-10-23(11-4-1)25-20-21-31-30(22-25)38-39(44-31)37(41-40(42-38)24-12-5-2-6-13-24)29-17-7-14-26-27-15-8-18-32-35(27)36-28(34(26)29)16-9-19-33(36)43-32/h1-22H. The molecular weight excluding hydrogens is 540 g/mol. The molecular formula is C40H22N2O2. The minimum atomic E-state index is 0.665. The van der Waals surface area contributed by atoms with Gasteiger partial charge in [0, 0.05) is 27.3 Å². The third-order valence-corrected chi connectivity index (χ3v) is 8.85. The summed E-state index contributed by atoms with van der Waals surface area (Å²) in [5.41, 5.74) is 9.07. The molecule has 10 aromatic rings. The maximum atomic E-state index is 6.65. The van der Waals surface area contributed by atoms with Crippen LogP contribution >= 0.6 is 0 Å². The lowest BCUT2D eigenvalue weighted by Gasteiger charge is -2.13. The summed E-state index contributed by atoms with van der Waals surface area (Å²) in [6, 6.07) is 46.0. The number of hydrogen-bond donors (Lipinski definition) is 0. The highest BCUT2D eigenvalue weighted by Gasteiger charge is 2.23. The summed E-state index contributed by atoms with van der Waals surface area (Å²) in [7, 11) is 0. The highest BCUT2D eigenvalue weighted by molar-refractivity contribution is 6.35. The first-order valence-corrected chi connectivity index (χ1v) is 14.8. The van der Waals surface area contributed by atoms with Crippen molar-refractivity contribution in [2.45, 2.75) is 0 Å². The zero-order valence-corrected chi connectivity index (χ0v) is 23.4. The van der Waals surface area contributed by atoms with E-state index < -0.39 is 0 Å². The van der Waals surface area contributed by atoms with Gasteiger partial charge in [0.15, 0.2) is 11.4 Å². The fourth-order valence-electron chi connectivity index (χ4n) is 6.92. The van der Waals surface area contributed by atoms with Crippen LogP contribution in [0.2, 0.25) is 0 Å². The SMILES string of the molecule is c1ccc(-c2ccc3oc4c(-c5cccc6c7cccc8oc9cccc(c56)c9c87)nc(-c5ccccc5)nc4c3c2)cc1. The fourth-order valence-corrected chi connectivity index (χ4v) is 6.92. The van der Waals surface area contributed by atoms with Crippen LogP contribution in [0.15, 0.2) is 142 Å². The molecule has 0 unspecified atom stereocenters. The van der Waals surface area contributed by atoms with Crippen molar-refractivity contribution in [3.05, 3.63) is 133 Å². The zero-order valence-electron chi connectivity index (χ0n) is 23.4. The summed E-state index contributed by atoms with van der Waals surface area (Å²) >= 11 is 0. The Morgan fingerprint density at radius 2 is 1.07 bits per heavy atom. The third-order valence-electron chi connectivity index (χ3n) is 8.85. The number of hydrogen-bond acceptors (Lipinski definition) is 4. The van der Waals surface area contributed by atoms with Gasteiger partial charge < -0.3 is 8.83 Å². The molecule has 0 N–H and O–H groups in total. The molecule has 0 aliphatic heterocycles. The normalized spacial score (nSPS) is 12.1. The van der Waals surface area contributed by atoms with Gasteiger partial charge in [0.2, 0.25) is 0 Å². The van der Waals surface area contributed by atoms with Gasteiger partial charge in [0.25, 0.3) is 0 Å². The van der Waals surface area contributed by atoms with Gasteiger partial charge in [-0.25, -0.2) is 9.97 Å². The van der Waals surface area contributed by atoms with E-state index in [0.717, 1.165) is 82.5 Å². The summed E-state index contributed by atoms with van der Waals surface area (Å²) in [5.74, 6) is 0.665. The van der Waals surface area contributed by atoms with Crippen LogP contribution in [0.5, 0.6) is 0 Å². The number of aromatic nitrogens is 2. The Morgan fingerprint density at radius 3 is 1.84 bits per heavy atom. The van der Waals surface area contributed by atoms with Crippen molar-refractivity contribution in [1.82, 2.24) is 9.97 Å². The van der Waals surface area contributed by atoms with Gasteiger partial charge in [-0.05, 0) is 56.9 Å². The minimum Gasteiger partial charge on any atom is -0.456 e. The second kappa shape index (κ2) is 8.76. The Hall–Kier alpha value is -6.00. The zero-order chi connectivity index (χ0) is 28.8. The molecule has 0 atom stereocenters. The van der Waals surface area contributed by atoms with E-state index in [9.17, 15) is 0 Å². The van der Waals surface area contributed by atoms with Crippen molar-refractivity contribution in [2.24, 2.45) is 0 Å². The summed E-state index contributed by atoms with van der Waals surface area (Å²) in [4.78, 5) is 10.4. The predicted octanol–water partition coefficient (Wildman–Crippen LogP) is 11.0. The molecule has 0 saturated heterocycles. The Kier molecular flexibility index (Phi) is 4.69. The average Bonchev–Trinajstić information content (AvgIpc) is 3.66. The van der Waals surface area contributed by atoms with Crippen molar-refractivity contribution in [3.8, 4) is 33.8 Å². The van der Waals surface area contributed by atoms with Crippen molar-refractivity contribution in [1.29, 1.82) is 0 Å². The van der Waals surface area contributed by atoms with E-state index in [2.05, 4.69) is 103 Å². The summed E-state index contributed by atoms with van der Waals surface area (Å²) < 4.78 is 13.0. The minimum absolute atomic E-state index is 0.665. The smallest absolute Gasteiger partial charge is 0.180 e. The molecule has 3 heterocycles. The summed E-state index contributed by atoms with van der Waals surface area (Å²) in [6.45, 7) is 0. The molecule has 0 fully saturated rings. The molecule has 10 rings (SSSR count). The van der Waals surface area contributed by atoms with Crippen LogP contribution in [-0.4, -0.2) is 9.97 Å². The molecule has 0 spiro atoms. The molecule has 4 heteroatoms. The van der Waals surface area contributed by atoms with Crippen LogP contribution in [0.4, 0.5) is 0 Å². The fraction of sp³-hybridized carbons (Fsp3) is 0. The number of nitrogens with zero attached hydrogens (tertiary/aromatic N) is 2. The number of benzene rings is 7. The molecule has 44 heavy (non-hydrogen) atoms. The van der Waals surface area contributed by atoms with Gasteiger partial charge in [0.1, 0.15) is 28.0 Å². The molecule has 0 amide bonds. The molecule has 7 aromatic carbocycles. The lowest BCUT2D eigenvalue weighted by molar-refractivity contribution is 0.667. The van der Waals surface area contributed by atoms with Gasteiger partial charge in [-0.3, -0.25) is 0 Å². The first kappa shape index (κ1) is 23.6. The van der Waals surface area contributed by atoms with Crippen molar-refractivity contribution in [3.63, 3.8) is 0 Å². The molecule has 3 aromatic heterocycles. The third kappa shape index (κ3) is 3.22. The lowest BCUT2D eigenvalue weighted by atomic mass is 9.90. The molecule has 0 aliphatic rings. The van der Waals surface area contributed by atoms with E-state index in [4.69, 9.17) is 18.8 Å². The largest absolute Gasteiger partial charge is 0.456 e. The van der Waals surface area contributed by atoms with Crippen LogP contribution in [0, 0.1) is 0 Å². The topological polar surface area (TPSA) is 52.1 Å². The number of furan rings is 2. The average molecular weight is 563 g/mol. The van der Waals surface area contributed by atoms with Crippen LogP contribution in [0.25, 0.3) is 99.3 Å². The Bertz CT molecular complexity index is 2700. The van der Waals surface area contributed by atoms with E-state index in [0.29, 0.717) is 11.4 Å². The Labute approximate surface area is 251 Å². The van der Waals surface area contributed by atoms with Crippen LogP contribution < -0.4 is 0 Å². The predicted molar refractivity (Wildman–Crippen MR) is 179 cm³/mol. The van der Waals surface area contributed by atoms with E-state index in [1.165, 1.54) is 5.39 Å². The molecule has 204 valence electrons. The second-order valence-electron chi connectivity index (χ2n) is 11.3. The lowest BCUT2D eigenvalue weighted by Crippen LogP contribution is -1.95. The van der Waals surface area contributed by atoms with Gasteiger partial charge in [-0.2, -0.15) is 0 Å². The highest BCUT2D eigenvalue weighted by atomic mass is 16.3. The molecule has 0 bridgehead atoms. The molecule has 0 aliphatic carbocycles. The van der Waals surface area contributed by atoms with Gasteiger partial charge >= 0.3 is 0 Å². The van der Waals surface area contributed by atoms with Crippen LogP contribution in [0.3, 0.4) is 0 Å². The quantitative estimate of drug-likeness (QED) is 0.201. The second-order valence-corrected chi connectivity index (χ2v) is 11.3. The van der Waals surface area contributed by atoms with E-state index >= 15 is 0 Å². The van der Waals surface area contributed by atoms with E-state index in [1.807, 2.05) is 30.3 Å². The van der Waals surface area contributed by atoms with Crippen molar-refractivity contribution >= 4 is 65.6 Å². The van der Waals surface area contributed by atoms with E-state index in [-0.39, 0.29) is 0 Å². The summed E-state index contributed by atoms with van der Waals surface area (Å²) in [6.07, 6.45) is 0. The van der Waals surface area contributed by atoms with Gasteiger partial charge in [0.05, 0.1) is 0 Å². The maximum Gasteiger partial charge on any atom is 0.180 e. The number of fused-ring (bicyclic) bond motifs is 6. The van der Waals surface area contributed by atoms with E-state index in [1.54, 1.807) is 0 Å². The summed E-state index contributed by atoms with van der Waals surface area (Å²) in [5, 5.41) is 7.87. The monoisotopic (exact) mass is 562 g/mol. The maximum absolute atomic E-state index is 6.65. The van der Waals surface area contributed by atoms with Crippen LogP contribution in [-0.2, 0) is 0 Å². The Morgan fingerprint density at radius 1 is 0.409 bits per heavy atom. The molecule has 0 saturated carbocycles. The first-order chi connectivity index (χ1) is 21.8. The highest BCUT2D eigenvalue weighted by Crippen LogP contribution is 2.46. The van der Waals surface area contributed by atoms with Crippen LogP contribution in [0.1, 0.15) is 0 Å². The van der Waals surface area contributed by atoms with Crippen molar-refractivity contribution in [2.75, 3.05) is 0 Å². The number of rotatable bonds is 3. The van der Waals surface area contributed by atoms with Gasteiger partial charge in [-0.15, -0.1) is 0 Å². The Balaban J connectivity index is 1.36. The first-order valence-electron chi connectivity index (χ1n) is 14.8.